The summed E-state index contributed by atoms with van der Waals surface area (Å²) in [6.45, 7) is 10.7. The maximum atomic E-state index is 13.5. The summed E-state index contributed by atoms with van der Waals surface area (Å²) in [5, 5.41) is 10.1. The Labute approximate surface area is 223 Å². The molecule has 1 aliphatic rings. The number of carboxylic acid groups (broad SMARTS) is 1. The Bertz CT molecular complexity index is 1300. The van der Waals surface area contributed by atoms with Gasteiger partial charge in [-0.2, -0.15) is 4.79 Å². The number of quaternary nitrogens is 1. The number of piperazine rings is 1. The predicted octanol–water partition coefficient (Wildman–Crippen LogP) is 5.66. The van der Waals surface area contributed by atoms with Gasteiger partial charge in [-0.15, -0.1) is 0 Å². The Morgan fingerprint density at radius 2 is 1.84 bits per heavy atom. The van der Waals surface area contributed by atoms with Crippen molar-refractivity contribution in [3.8, 4) is 11.3 Å². The van der Waals surface area contributed by atoms with E-state index in [-0.39, 0.29) is 27.8 Å². The monoisotopic (exact) mass is 519 g/mol. The summed E-state index contributed by atoms with van der Waals surface area (Å²) < 4.78 is 13.6. The van der Waals surface area contributed by atoms with Crippen LogP contribution in [0.25, 0.3) is 11.3 Å². The van der Waals surface area contributed by atoms with Gasteiger partial charge in [0.1, 0.15) is 23.9 Å². The molecule has 1 aromatic heterocycles. The van der Waals surface area contributed by atoms with E-state index < -0.39 is 6.09 Å². The van der Waals surface area contributed by atoms with E-state index in [1.807, 2.05) is 52.0 Å². The Hall–Kier alpha value is -3.62. The van der Waals surface area contributed by atoms with Crippen molar-refractivity contribution in [2.24, 2.45) is 0 Å². The molecule has 0 radical (unpaired) electrons. The molecule has 0 bridgehead atoms. The zero-order valence-corrected chi connectivity index (χ0v) is 22.7. The van der Waals surface area contributed by atoms with E-state index in [2.05, 4.69) is 9.88 Å². The lowest BCUT2D eigenvalue weighted by Gasteiger charge is -2.52. The van der Waals surface area contributed by atoms with Crippen molar-refractivity contribution in [3.63, 3.8) is 0 Å². The molecule has 1 N–H and O–H groups in total. The van der Waals surface area contributed by atoms with Gasteiger partial charge in [0, 0.05) is 37.6 Å². The maximum Gasteiger partial charge on any atom is 0.514 e. The van der Waals surface area contributed by atoms with Gasteiger partial charge in [-0.25, -0.2) is 8.87 Å². The molecule has 2 heterocycles. The van der Waals surface area contributed by atoms with Gasteiger partial charge in [0.15, 0.2) is 0 Å². The van der Waals surface area contributed by atoms with Crippen molar-refractivity contribution < 1.29 is 23.6 Å². The van der Waals surface area contributed by atoms with Gasteiger partial charge in [-0.05, 0) is 69.7 Å². The summed E-state index contributed by atoms with van der Waals surface area (Å²) in [5.41, 5.74) is 3.18. The highest BCUT2D eigenvalue weighted by Crippen LogP contribution is 2.33. The zero-order chi connectivity index (χ0) is 27.7. The van der Waals surface area contributed by atoms with Crippen LogP contribution >= 0.6 is 0 Å². The second-order valence-corrected chi connectivity index (χ2v) is 11.1. The molecule has 2 amide bonds. The van der Waals surface area contributed by atoms with E-state index in [0.717, 1.165) is 17.8 Å². The van der Waals surface area contributed by atoms with Crippen LogP contribution in [0.1, 0.15) is 43.6 Å². The molecule has 0 spiro atoms. The summed E-state index contributed by atoms with van der Waals surface area (Å²) in [5.74, 6) is -0.522. The quantitative estimate of drug-likeness (QED) is 0.440. The largest absolute Gasteiger partial charge is 0.514 e. The first-order chi connectivity index (χ1) is 17.9. The molecule has 2 atom stereocenters. The molecule has 1 aliphatic heterocycles. The Balaban J connectivity index is 1.39. The van der Waals surface area contributed by atoms with Crippen LogP contribution in [0.15, 0.2) is 66.9 Å². The topological polar surface area (TPSA) is 73.7 Å². The average molecular weight is 520 g/mol. The SMILES string of the molecule is C[C@H]1CN(Cc2ccc(N(C)C(=O)c3ccc(-c4cccc(F)c4)nc3)cc2)CC[N+]1(C(=O)O)C(C)(C)C. The number of pyridine rings is 1. The fourth-order valence-electron chi connectivity index (χ4n) is 5.57. The van der Waals surface area contributed by atoms with E-state index in [1.54, 1.807) is 36.2 Å². The van der Waals surface area contributed by atoms with Crippen molar-refractivity contribution in [2.75, 3.05) is 31.6 Å². The molecule has 200 valence electrons. The first-order valence-electron chi connectivity index (χ1n) is 12.8. The number of hydrogen-bond acceptors (Lipinski definition) is 4. The molecule has 0 saturated carbocycles. The molecule has 3 aromatic rings. The number of hydrogen-bond donors (Lipinski definition) is 1. The summed E-state index contributed by atoms with van der Waals surface area (Å²) in [7, 11) is 1.72. The lowest BCUT2D eigenvalue weighted by molar-refractivity contribution is -0.929. The predicted molar refractivity (Wildman–Crippen MR) is 146 cm³/mol. The van der Waals surface area contributed by atoms with Gasteiger partial charge < -0.3 is 10.0 Å². The van der Waals surface area contributed by atoms with Gasteiger partial charge in [-0.3, -0.25) is 14.7 Å². The maximum absolute atomic E-state index is 13.5. The summed E-state index contributed by atoms with van der Waals surface area (Å²) in [6, 6.07) is 17.4. The van der Waals surface area contributed by atoms with Gasteiger partial charge >= 0.3 is 6.09 Å². The van der Waals surface area contributed by atoms with Crippen LogP contribution in [0, 0.1) is 5.82 Å². The number of aromatic nitrogens is 1. The standard InChI is InChI=1S/C30H35FN4O3/c1-21-19-34(15-16-35(21,29(37)38)30(2,3)4)20-22-9-12-26(13-10-22)33(5)28(36)24-11-14-27(32-18-24)23-7-6-8-25(31)17-23/h6-14,17-18,21H,15-16,19-20H2,1-5H3/p+1/t21-,35?/m0/s1. The molecule has 2 aromatic carbocycles. The number of halogens is 1. The van der Waals surface area contributed by atoms with E-state index in [4.69, 9.17) is 0 Å². The van der Waals surface area contributed by atoms with Crippen LogP contribution in [0.3, 0.4) is 0 Å². The minimum absolute atomic E-state index is 0.0369. The Kier molecular flexibility index (Phi) is 7.67. The second kappa shape index (κ2) is 10.6. The molecule has 8 heteroatoms. The van der Waals surface area contributed by atoms with Gasteiger partial charge in [-0.1, -0.05) is 24.3 Å². The molecule has 1 unspecified atom stereocenters. The highest BCUT2D eigenvalue weighted by Gasteiger charge is 2.54. The molecule has 38 heavy (non-hydrogen) atoms. The first-order valence-corrected chi connectivity index (χ1v) is 12.8. The van der Waals surface area contributed by atoms with Crippen LogP contribution < -0.4 is 4.90 Å². The lowest BCUT2D eigenvalue weighted by atomic mass is 9.95. The third-order valence-electron chi connectivity index (χ3n) is 7.75. The van der Waals surface area contributed by atoms with Crippen LogP contribution in [0.4, 0.5) is 14.9 Å². The minimum atomic E-state index is -0.763. The third kappa shape index (κ3) is 5.33. The minimum Gasteiger partial charge on any atom is -0.435 e. The van der Waals surface area contributed by atoms with Crippen LogP contribution in [-0.2, 0) is 6.54 Å². The highest BCUT2D eigenvalue weighted by molar-refractivity contribution is 6.05. The molecule has 7 nitrogen and oxygen atoms in total. The molecule has 0 aliphatic carbocycles. The Morgan fingerprint density at radius 3 is 2.39 bits per heavy atom. The third-order valence-corrected chi connectivity index (χ3v) is 7.75. The molecular weight excluding hydrogens is 483 g/mol. The number of carbonyl (C=O) groups is 2. The number of nitrogens with zero attached hydrogens (tertiary/aromatic N) is 4. The molecule has 1 saturated heterocycles. The number of benzene rings is 2. The highest BCUT2D eigenvalue weighted by atomic mass is 19.1. The van der Waals surface area contributed by atoms with Crippen molar-refractivity contribution in [3.05, 3.63) is 83.8 Å². The van der Waals surface area contributed by atoms with E-state index in [9.17, 15) is 19.1 Å². The Morgan fingerprint density at radius 1 is 1.13 bits per heavy atom. The van der Waals surface area contributed by atoms with Crippen LogP contribution in [0.2, 0.25) is 0 Å². The van der Waals surface area contributed by atoms with Gasteiger partial charge in [0.2, 0.25) is 0 Å². The smallest absolute Gasteiger partial charge is 0.435 e. The van der Waals surface area contributed by atoms with Crippen molar-refractivity contribution in [1.82, 2.24) is 9.88 Å². The summed E-state index contributed by atoms with van der Waals surface area (Å²) in [4.78, 5) is 33.5. The number of rotatable bonds is 5. The molecular formula is C30H36FN4O3+. The fourth-order valence-corrected chi connectivity index (χ4v) is 5.57. The molecule has 4 rings (SSSR count). The second-order valence-electron chi connectivity index (χ2n) is 11.1. The van der Waals surface area contributed by atoms with Gasteiger partial charge in [0.25, 0.3) is 5.91 Å². The van der Waals surface area contributed by atoms with Crippen molar-refractivity contribution >= 4 is 17.7 Å². The van der Waals surface area contributed by atoms with Crippen molar-refractivity contribution in [1.29, 1.82) is 0 Å². The fraction of sp³-hybridized carbons (Fsp3) is 0.367. The average Bonchev–Trinajstić information content (AvgIpc) is 2.87. The van der Waals surface area contributed by atoms with Crippen LogP contribution in [-0.4, -0.2) is 69.7 Å². The number of carbonyl (C=O) groups excluding carboxylic acids is 1. The van der Waals surface area contributed by atoms with E-state index in [0.29, 0.717) is 36.5 Å². The number of anilines is 1. The normalized spacial score (nSPS) is 20.2. The lowest BCUT2D eigenvalue weighted by Crippen LogP contribution is -2.73. The van der Waals surface area contributed by atoms with E-state index in [1.165, 1.54) is 18.3 Å². The first kappa shape index (κ1) is 27.4. The summed E-state index contributed by atoms with van der Waals surface area (Å²) >= 11 is 0. The summed E-state index contributed by atoms with van der Waals surface area (Å²) in [6.07, 6.45) is 0.749. The van der Waals surface area contributed by atoms with Crippen LogP contribution in [0.5, 0.6) is 0 Å². The van der Waals surface area contributed by atoms with E-state index >= 15 is 0 Å². The molecule has 1 fully saturated rings. The number of amides is 2. The van der Waals surface area contributed by atoms with Crippen molar-refractivity contribution in [2.45, 2.75) is 45.8 Å². The zero-order valence-electron chi connectivity index (χ0n) is 22.7. The van der Waals surface area contributed by atoms with Gasteiger partial charge in [0.05, 0.1) is 17.8 Å².